The average Bonchev–Trinajstić information content (AvgIpc) is 3.08. The Labute approximate surface area is 197 Å². The number of ether oxygens (including phenoxy) is 2. The number of ketones is 1. The molecule has 2 aromatic rings. The van der Waals surface area contributed by atoms with Crippen molar-refractivity contribution in [1.82, 2.24) is 4.90 Å². The summed E-state index contributed by atoms with van der Waals surface area (Å²) in [6, 6.07) is 9.73. The van der Waals surface area contributed by atoms with E-state index in [0.717, 1.165) is 18.4 Å². The molecule has 0 aromatic heterocycles. The Balaban J connectivity index is 2.09. The molecule has 1 aliphatic heterocycles. The van der Waals surface area contributed by atoms with Gasteiger partial charge in [-0.25, -0.2) is 0 Å². The third-order valence-electron chi connectivity index (χ3n) is 5.68. The molecule has 1 amide bonds. The van der Waals surface area contributed by atoms with Crippen LogP contribution in [0.15, 0.2) is 48.0 Å². The molecule has 1 unspecified atom stereocenters. The molecule has 0 aliphatic carbocycles. The van der Waals surface area contributed by atoms with E-state index in [1.807, 2.05) is 6.92 Å². The number of amides is 1. The SMILES string of the molecule is CCCCOc1ccc(/C(O)=C2\C(=O)C(=O)N(CCOC)C2c2cccc([N+](=O)[O-])c2)cc1C. The lowest BCUT2D eigenvalue weighted by atomic mass is 9.94. The number of carbonyl (C=O) groups is 2. The highest BCUT2D eigenvalue weighted by atomic mass is 16.6. The summed E-state index contributed by atoms with van der Waals surface area (Å²) in [7, 11) is 1.46. The van der Waals surface area contributed by atoms with Crippen LogP contribution in [0.1, 0.15) is 42.5 Å². The molecule has 9 heteroatoms. The minimum atomic E-state index is -0.990. The summed E-state index contributed by atoms with van der Waals surface area (Å²) in [6.45, 7) is 4.69. The van der Waals surface area contributed by atoms with Crippen molar-refractivity contribution in [1.29, 1.82) is 0 Å². The molecule has 0 radical (unpaired) electrons. The molecule has 1 saturated heterocycles. The van der Waals surface area contributed by atoms with Crippen molar-refractivity contribution in [3.8, 4) is 5.75 Å². The molecule has 0 bridgehead atoms. The van der Waals surface area contributed by atoms with Gasteiger partial charge in [0.1, 0.15) is 11.5 Å². The quantitative estimate of drug-likeness (QED) is 0.139. The van der Waals surface area contributed by atoms with Crippen LogP contribution in [0, 0.1) is 17.0 Å². The van der Waals surface area contributed by atoms with Gasteiger partial charge in [-0.2, -0.15) is 0 Å². The first kappa shape index (κ1) is 24.9. The number of Topliss-reactive ketones (excluding diaryl/α,β-unsaturated/α-hetero) is 1. The van der Waals surface area contributed by atoms with E-state index in [-0.39, 0.29) is 30.2 Å². The van der Waals surface area contributed by atoms with Crippen LogP contribution in [0.2, 0.25) is 0 Å². The molecule has 3 rings (SSSR count). The summed E-state index contributed by atoms with van der Waals surface area (Å²) >= 11 is 0. The summed E-state index contributed by atoms with van der Waals surface area (Å²) < 4.78 is 10.8. The van der Waals surface area contributed by atoms with E-state index in [4.69, 9.17) is 9.47 Å². The van der Waals surface area contributed by atoms with Gasteiger partial charge in [-0.15, -0.1) is 0 Å². The second-order valence-corrected chi connectivity index (χ2v) is 8.02. The third-order valence-corrected chi connectivity index (χ3v) is 5.68. The predicted octanol–water partition coefficient (Wildman–Crippen LogP) is 4.15. The maximum Gasteiger partial charge on any atom is 0.295 e. The van der Waals surface area contributed by atoms with Crippen LogP contribution in [-0.2, 0) is 14.3 Å². The van der Waals surface area contributed by atoms with Crippen LogP contribution in [0.5, 0.6) is 5.75 Å². The van der Waals surface area contributed by atoms with Crippen molar-refractivity contribution in [2.45, 2.75) is 32.7 Å². The van der Waals surface area contributed by atoms with Crippen LogP contribution < -0.4 is 4.74 Å². The van der Waals surface area contributed by atoms with Crippen molar-refractivity contribution in [2.24, 2.45) is 0 Å². The third kappa shape index (κ3) is 5.09. The molecule has 1 heterocycles. The van der Waals surface area contributed by atoms with E-state index in [1.165, 1.54) is 30.2 Å². The maximum absolute atomic E-state index is 13.0. The summed E-state index contributed by atoms with van der Waals surface area (Å²) in [4.78, 5) is 37.9. The molecule has 1 aliphatic rings. The van der Waals surface area contributed by atoms with Gasteiger partial charge in [0, 0.05) is 31.4 Å². The number of hydrogen-bond acceptors (Lipinski definition) is 7. The van der Waals surface area contributed by atoms with Crippen molar-refractivity contribution in [3.05, 3.63) is 74.8 Å². The number of likely N-dealkylation sites (tertiary alicyclic amines) is 1. The number of aliphatic hydroxyl groups excluding tert-OH is 1. The Morgan fingerprint density at radius 2 is 1.94 bits per heavy atom. The molecular formula is C25H28N2O7. The van der Waals surface area contributed by atoms with Gasteiger partial charge in [0.2, 0.25) is 0 Å². The van der Waals surface area contributed by atoms with Gasteiger partial charge < -0.3 is 19.5 Å². The van der Waals surface area contributed by atoms with Gasteiger partial charge in [0.25, 0.3) is 17.4 Å². The van der Waals surface area contributed by atoms with Crippen molar-refractivity contribution >= 4 is 23.1 Å². The second-order valence-electron chi connectivity index (χ2n) is 8.02. The summed E-state index contributed by atoms with van der Waals surface area (Å²) in [6.07, 6.45) is 1.91. The van der Waals surface area contributed by atoms with Crippen LogP contribution in [0.4, 0.5) is 5.69 Å². The Kier molecular flexibility index (Phi) is 8.01. The first-order chi connectivity index (χ1) is 16.3. The van der Waals surface area contributed by atoms with Gasteiger partial charge in [-0.3, -0.25) is 19.7 Å². The molecule has 180 valence electrons. The van der Waals surface area contributed by atoms with Gasteiger partial charge >= 0.3 is 0 Å². The number of hydrogen-bond donors (Lipinski definition) is 1. The predicted molar refractivity (Wildman–Crippen MR) is 126 cm³/mol. The van der Waals surface area contributed by atoms with Gasteiger partial charge in [-0.05, 0) is 42.7 Å². The van der Waals surface area contributed by atoms with Crippen LogP contribution in [0.3, 0.4) is 0 Å². The fourth-order valence-electron chi connectivity index (χ4n) is 3.90. The first-order valence-corrected chi connectivity index (χ1v) is 11.1. The number of methoxy groups -OCH3 is 1. The van der Waals surface area contributed by atoms with E-state index in [1.54, 1.807) is 24.3 Å². The highest BCUT2D eigenvalue weighted by Gasteiger charge is 2.46. The zero-order valence-corrected chi connectivity index (χ0v) is 19.4. The van der Waals surface area contributed by atoms with Gasteiger partial charge in [-0.1, -0.05) is 25.5 Å². The average molecular weight is 469 g/mol. The number of non-ortho nitro benzene ring substituents is 1. The molecule has 1 N–H and O–H groups in total. The standard InChI is InChI=1S/C25H28N2O7/c1-4-5-12-34-20-10-9-18(14-16(20)2)23(28)21-22(17-7-6-8-19(15-17)27(31)32)26(11-13-33-3)25(30)24(21)29/h6-10,14-15,22,28H,4-5,11-13H2,1-3H3/b23-21+. The number of nitro benzene ring substituents is 1. The highest BCUT2D eigenvalue weighted by molar-refractivity contribution is 6.46. The summed E-state index contributed by atoms with van der Waals surface area (Å²) in [5, 5.41) is 22.5. The number of rotatable bonds is 10. The fraction of sp³-hybridized carbons (Fsp3) is 0.360. The molecule has 0 spiro atoms. The number of benzene rings is 2. The molecule has 0 saturated carbocycles. The minimum absolute atomic E-state index is 0.0778. The van der Waals surface area contributed by atoms with Gasteiger partial charge in [0.05, 0.1) is 29.8 Å². The number of aliphatic hydroxyl groups is 1. The molecule has 1 atom stereocenters. The van der Waals surface area contributed by atoms with Crippen molar-refractivity contribution in [3.63, 3.8) is 0 Å². The van der Waals surface area contributed by atoms with Crippen LogP contribution >= 0.6 is 0 Å². The lowest BCUT2D eigenvalue weighted by molar-refractivity contribution is -0.384. The van der Waals surface area contributed by atoms with Crippen LogP contribution in [0.25, 0.3) is 5.76 Å². The minimum Gasteiger partial charge on any atom is -0.507 e. The number of carbonyl (C=O) groups excluding carboxylic acids is 2. The summed E-state index contributed by atoms with van der Waals surface area (Å²) in [5.41, 5.74) is 1.16. The Morgan fingerprint density at radius 1 is 1.18 bits per heavy atom. The zero-order valence-electron chi connectivity index (χ0n) is 19.4. The number of nitrogens with zero attached hydrogens (tertiary/aromatic N) is 2. The normalized spacial score (nSPS) is 17.3. The van der Waals surface area contributed by atoms with Gasteiger partial charge in [0.15, 0.2) is 0 Å². The zero-order chi connectivity index (χ0) is 24.8. The first-order valence-electron chi connectivity index (χ1n) is 11.1. The highest BCUT2D eigenvalue weighted by Crippen LogP contribution is 2.40. The Hall–Kier alpha value is -3.72. The van der Waals surface area contributed by atoms with Crippen molar-refractivity contribution in [2.75, 3.05) is 26.9 Å². The molecule has 9 nitrogen and oxygen atoms in total. The van der Waals surface area contributed by atoms with E-state index >= 15 is 0 Å². The van der Waals surface area contributed by atoms with Crippen LogP contribution in [-0.4, -0.2) is 53.5 Å². The lowest BCUT2D eigenvalue weighted by Crippen LogP contribution is -2.32. The number of aryl methyl sites for hydroxylation is 1. The van der Waals surface area contributed by atoms with E-state index in [9.17, 15) is 24.8 Å². The van der Waals surface area contributed by atoms with E-state index in [0.29, 0.717) is 23.5 Å². The van der Waals surface area contributed by atoms with E-state index < -0.39 is 22.7 Å². The Morgan fingerprint density at radius 3 is 2.59 bits per heavy atom. The number of unbranched alkanes of at least 4 members (excludes halogenated alkanes) is 1. The monoisotopic (exact) mass is 468 g/mol. The molecule has 34 heavy (non-hydrogen) atoms. The maximum atomic E-state index is 13.0. The van der Waals surface area contributed by atoms with Crippen molar-refractivity contribution < 1.29 is 29.1 Å². The molecular weight excluding hydrogens is 440 g/mol. The van der Waals surface area contributed by atoms with E-state index in [2.05, 4.69) is 6.92 Å². The fourth-order valence-corrected chi connectivity index (χ4v) is 3.90. The number of nitro groups is 1. The Bertz CT molecular complexity index is 1130. The topological polar surface area (TPSA) is 119 Å². The summed E-state index contributed by atoms with van der Waals surface area (Å²) in [5.74, 6) is -1.34. The second kappa shape index (κ2) is 10.9. The smallest absolute Gasteiger partial charge is 0.295 e. The lowest BCUT2D eigenvalue weighted by Gasteiger charge is -2.25. The largest absolute Gasteiger partial charge is 0.507 e. The molecule has 1 fully saturated rings. The molecule has 2 aromatic carbocycles.